The van der Waals surface area contributed by atoms with Crippen LogP contribution in [0.4, 0.5) is 0 Å². The molecule has 1 aromatic heterocycles. The molecular weight excluding hydrogens is 214 g/mol. The molecule has 0 aromatic carbocycles. The van der Waals surface area contributed by atoms with Gasteiger partial charge in [0.05, 0.1) is 16.8 Å². The summed E-state index contributed by atoms with van der Waals surface area (Å²) in [4.78, 5) is 12.2. The van der Waals surface area contributed by atoms with Crippen LogP contribution in [0.3, 0.4) is 0 Å². The van der Waals surface area contributed by atoms with Crippen LogP contribution in [-0.2, 0) is 7.05 Å². The first-order valence-electron chi connectivity index (χ1n) is 4.97. The third-order valence-electron chi connectivity index (χ3n) is 2.82. The molecule has 4 nitrogen and oxygen atoms in total. The Kier molecular flexibility index (Phi) is 3.52. The van der Waals surface area contributed by atoms with Crippen LogP contribution in [0, 0.1) is 0 Å². The highest BCUT2D eigenvalue weighted by Crippen LogP contribution is 2.23. The summed E-state index contributed by atoms with van der Waals surface area (Å²) in [6.45, 7) is 3.79. The van der Waals surface area contributed by atoms with Gasteiger partial charge in [-0.2, -0.15) is 5.10 Å². The highest BCUT2D eigenvalue weighted by atomic mass is 35.5. The highest BCUT2D eigenvalue weighted by Gasteiger charge is 2.34. The number of aryl methyl sites for hydroxylation is 1. The number of nitrogens with two attached hydrogens (primary N) is 1. The number of aromatic nitrogens is 2. The van der Waals surface area contributed by atoms with Crippen molar-refractivity contribution in [3.8, 4) is 0 Å². The van der Waals surface area contributed by atoms with Gasteiger partial charge in [-0.05, 0) is 12.8 Å². The van der Waals surface area contributed by atoms with E-state index in [1.807, 2.05) is 13.8 Å². The quantitative estimate of drug-likeness (QED) is 0.801. The van der Waals surface area contributed by atoms with Crippen LogP contribution < -0.4 is 5.73 Å². The second-order valence-electron chi connectivity index (χ2n) is 3.66. The van der Waals surface area contributed by atoms with Crippen LogP contribution in [-0.4, -0.2) is 21.1 Å². The van der Waals surface area contributed by atoms with Crippen molar-refractivity contribution in [2.24, 2.45) is 12.8 Å². The van der Waals surface area contributed by atoms with E-state index in [0.29, 0.717) is 23.6 Å². The van der Waals surface area contributed by atoms with Crippen molar-refractivity contribution in [1.82, 2.24) is 9.78 Å². The molecular formula is C10H16ClN3O. The monoisotopic (exact) mass is 229 g/mol. The summed E-state index contributed by atoms with van der Waals surface area (Å²) in [7, 11) is 1.69. The number of ketones is 1. The number of rotatable bonds is 4. The smallest absolute Gasteiger partial charge is 0.202 e. The van der Waals surface area contributed by atoms with Gasteiger partial charge >= 0.3 is 0 Å². The summed E-state index contributed by atoms with van der Waals surface area (Å²) in [5.74, 6) is -0.141. The number of hydrogen-bond acceptors (Lipinski definition) is 3. The number of hydrogen-bond donors (Lipinski definition) is 1. The molecule has 0 spiro atoms. The van der Waals surface area contributed by atoms with Crippen LogP contribution in [0.15, 0.2) is 6.20 Å². The maximum Gasteiger partial charge on any atom is 0.202 e. The molecule has 0 aliphatic heterocycles. The first-order chi connectivity index (χ1) is 6.96. The fourth-order valence-corrected chi connectivity index (χ4v) is 1.72. The molecule has 15 heavy (non-hydrogen) atoms. The van der Waals surface area contributed by atoms with Crippen molar-refractivity contribution in [3.05, 3.63) is 16.9 Å². The van der Waals surface area contributed by atoms with Gasteiger partial charge in [0.15, 0.2) is 0 Å². The first kappa shape index (κ1) is 12.2. The van der Waals surface area contributed by atoms with Crippen LogP contribution in [0.1, 0.15) is 37.2 Å². The Morgan fingerprint density at radius 3 is 2.47 bits per heavy atom. The molecule has 0 unspecified atom stereocenters. The zero-order valence-electron chi connectivity index (χ0n) is 9.25. The van der Waals surface area contributed by atoms with Crippen molar-refractivity contribution >= 4 is 17.4 Å². The lowest BCUT2D eigenvalue weighted by molar-refractivity contribution is 0.0869. The van der Waals surface area contributed by atoms with E-state index in [0.717, 1.165) is 0 Å². The van der Waals surface area contributed by atoms with Crippen LogP contribution in [0.2, 0.25) is 5.02 Å². The van der Waals surface area contributed by atoms with Crippen LogP contribution in [0.5, 0.6) is 0 Å². The molecule has 0 bridgehead atoms. The minimum atomic E-state index is -0.836. The fourth-order valence-electron chi connectivity index (χ4n) is 1.47. The van der Waals surface area contributed by atoms with Gasteiger partial charge in [0.25, 0.3) is 0 Å². The molecule has 5 heteroatoms. The van der Waals surface area contributed by atoms with E-state index in [1.54, 1.807) is 7.05 Å². The summed E-state index contributed by atoms with van der Waals surface area (Å²) in [6.07, 6.45) is 2.63. The van der Waals surface area contributed by atoms with Crippen molar-refractivity contribution in [2.75, 3.05) is 0 Å². The summed E-state index contributed by atoms with van der Waals surface area (Å²) in [6, 6.07) is 0. The van der Waals surface area contributed by atoms with Gasteiger partial charge in [-0.15, -0.1) is 0 Å². The standard InChI is InChI=1S/C10H16ClN3O/c1-4-10(12,5-2)9(15)8-7(11)6-13-14(8)3/h6H,4-5,12H2,1-3H3. The lowest BCUT2D eigenvalue weighted by Crippen LogP contribution is -2.47. The molecule has 0 amide bonds. The lowest BCUT2D eigenvalue weighted by atomic mass is 9.87. The molecule has 0 radical (unpaired) electrons. The maximum atomic E-state index is 12.2. The van der Waals surface area contributed by atoms with Gasteiger partial charge in [-0.25, -0.2) is 0 Å². The van der Waals surface area contributed by atoms with E-state index in [4.69, 9.17) is 17.3 Å². The van der Waals surface area contributed by atoms with E-state index in [2.05, 4.69) is 5.10 Å². The van der Waals surface area contributed by atoms with E-state index < -0.39 is 5.54 Å². The Labute approximate surface area is 94.4 Å². The van der Waals surface area contributed by atoms with Gasteiger partial charge < -0.3 is 5.73 Å². The van der Waals surface area contributed by atoms with Gasteiger partial charge in [-0.3, -0.25) is 9.48 Å². The SMILES string of the molecule is CCC(N)(CC)C(=O)c1c(Cl)cnn1C. The maximum absolute atomic E-state index is 12.2. The third kappa shape index (κ3) is 2.06. The Bertz CT molecular complexity index is 349. The Balaban J connectivity index is 3.14. The average molecular weight is 230 g/mol. The zero-order valence-corrected chi connectivity index (χ0v) is 10.0. The normalized spacial score (nSPS) is 11.8. The summed E-state index contributed by atoms with van der Waals surface area (Å²) in [5, 5.41) is 4.29. The Morgan fingerprint density at radius 2 is 2.13 bits per heavy atom. The van der Waals surface area contributed by atoms with Gasteiger partial charge in [0, 0.05) is 7.05 Å². The average Bonchev–Trinajstić information content (AvgIpc) is 2.56. The lowest BCUT2D eigenvalue weighted by Gasteiger charge is -2.24. The highest BCUT2D eigenvalue weighted by molar-refractivity contribution is 6.34. The topological polar surface area (TPSA) is 60.9 Å². The molecule has 0 saturated heterocycles. The predicted molar refractivity (Wildman–Crippen MR) is 60.0 cm³/mol. The summed E-state index contributed by atoms with van der Waals surface area (Å²) < 4.78 is 1.47. The molecule has 1 aromatic rings. The fraction of sp³-hybridized carbons (Fsp3) is 0.600. The molecule has 1 heterocycles. The molecule has 0 saturated carbocycles. The molecule has 84 valence electrons. The Hall–Kier alpha value is -0.870. The van der Waals surface area contributed by atoms with Crippen molar-refractivity contribution in [2.45, 2.75) is 32.2 Å². The molecule has 0 fully saturated rings. The van der Waals surface area contributed by atoms with Gasteiger partial charge in [0.2, 0.25) is 5.78 Å². The van der Waals surface area contributed by atoms with Gasteiger partial charge in [0.1, 0.15) is 5.69 Å². The van der Waals surface area contributed by atoms with Crippen LogP contribution >= 0.6 is 11.6 Å². The van der Waals surface area contributed by atoms with E-state index in [-0.39, 0.29) is 5.78 Å². The molecule has 0 atom stereocenters. The van der Waals surface area contributed by atoms with Crippen molar-refractivity contribution < 1.29 is 4.79 Å². The largest absolute Gasteiger partial charge is 0.319 e. The number of carbonyl (C=O) groups excluding carboxylic acids is 1. The number of Topliss-reactive ketones (excluding diaryl/α,β-unsaturated/α-hetero) is 1. The number of nitrogens with zero attached hydrogens (tertiary/aromatic N) is 2. The van der Waals surface area contributed by atoms with E-state index in [9.17, 15) is 4.79 Å². The minimum absolute atomic E-state index is 0.141. The Morgan fingerprint density at radius 1 is 1.60 bits per heavy atom. The predicted octanol–water partition coefficient (Wildman–Crippen LogP) is 1.77. The van der Waals surface area contributed by atoms with Crippen molar-refractivity contribution in [1.29, 1.82) is 0 Å². The molecule has 0 aliphatic rings. The van der Waals surface area contributed by atoms with E-state index >= 15 is 0 Å². The molecule has 0 aliphatic carbocycles. The molecule has 1 rings (SSSR count). The number of carbonyl (C=O) groups is 1. The molecule has 2 N–H and O–H groups in total. The first-order valence-corrected chi connectivity index (χ1v) is 5.35. The second-order valence-corrected chi connectivity index (χ2v) is 4.06. The summed E-state index contributed by atoms with van der Waals surface area (Å²) in [5.41, 5.74) is 5.58. The van der Waals surface area contributed by atoms with Crippen molar-refractivity contribution in [3.63, 3.8) is 0 Å². The zero-order chi connectivity index (χ0) is 11.6. The van der Waals surface area contributed by atoms with Gasteiger partial charge in [-0.1, -0.05) is 25.4 Å². The summed E-state index contributed by atoms with van der Waals surface area (Å²) >= 11 is 5.90. The third-order valence-corrected chi connectivity index (χ3v) is 3.10. The number of halogens is 1. The minimum Gasteiger partial charge on any atom is -0.319 e. The van der Waals surface area contributed by atoms with E-state index in [1.165, 1.54) is 10.9 Å². The second kappa shape index (κ2) is 4.33. The van der Waals surface area contributed by atoms with Crippen LogP contribution in [0.25, 0.3) is 0 Å².